The number of hydrogen-bond donors (Lipinski definition) is 2. The van der Waals surface area contributed by atoms with E-state index in [0.717, 1.165) is 19.0 Å². The lowest BCUT2D eigenvalue weighted by atomic mass is 9.40. The third kappa shape index (κ3) is 3.47. The molecule has 2 unspecified atom stereocenters. The molecule has 0 aromatic carbocycles. The summed E-state index contributed by atoms with van der Waals surface area (Å²) >= 11 is 0. The largest absolute Gasteiger partial charge is 0.317 e. The van der Waals surface area contributed by atoms with Crippen LogP contribution in [0, 0.1) is 22.2 Å². The zero-order chi connectivity index (χ0) is 15.0. The molecule has 0 aromatic heterocycles. The Morgan fingerprint density at radius 2 is 1.52 bits per heavy atom. The maximum atomic E-state index is 3.70. The van der Waals surface area contributed by atoms with Crippen molar-refractivity contribution in [3.8, 4) is 0 Å². The molecule has 2 nitrogen and oxygen atoms in total. The van der Waals surface area contributed by atoms with Gasteiger partial charge in [0.2, 0.25) is 0 Å². The lowest BCUT2D eigenvalue weighted by Crippen LogP contribution is -2.55. The Morgan fingerprint density at radius 3 is 2.14 bits per heavy atom. The van der Waals surface area contributed by atoms with E-state index in [4.69, 9.17) is 0 Å². The predicted octanol–water partition coefficient (Wildman–Crippen LogP) is 3.96. The quantitative estimate of drug-likeness (QED) is 0.662. The molecule has 4 rings (SSSR count). The van der Waals surface area contributed by atoms with Crippen molar-refractivity contribution >= 4 is 0 Å². The van der Waals surface area contributed by atoms with E-state index in [9.17, 15) is 0 Å². The average molecular weight is 293 g/mol. The minimum atomic E-state index is 0.680. The van der Waals surface area contributed by atoms with Gasteiger partial charge in [-0.05, 0) is 99.7 Å². The first-order chi connectivity index (χ1) is 9.97. The van der Waals surface area contributed by atoms with E-state index in [1.54, 1.807) is 0 Å². The summed E-state index contributed by atoms with van der Waals surface area (Å²) in [6.07, 6.45) is 11.8. The van der Waals surface area contributed by atoms with Crippen LogP contribution in [0.3, 0.4) is 0 Å². The first-order valence-electron chi connectivity index (χ1n) is 9.38. The van der Waals surface area contributed by atoms with Crippen LogP contribution in [0.5, 0.6) is 0 Å². The van der Waals surface area contributed by atoms with Crippen LogP contribution in [0.25, 0.3) is 0 Å². The fourth-order valence-electron chi connectivity index (χ4n) is 6.96. The zero-order valence-electron chi connectivity index (χ0n) is 14.6. The monoisotopic (exact) mass is 292 g/mol. The summed E-state index contributed by atoms with van der Waals surface area (Å²) in [4.78, 5) is 0. The maximum absolute atomic E-state index is 3.70. The highest BCUT2D eigenvalue weighted by Crippen LogP contribution is 2.70. The Kier molecular flexibility index (Phi) is 4.40. The van der Waals surface area contributed by atoms with Gasteiger partial charge in [-0.25, -0.2) is 0 Å². The first-order valence-corrected chi connectivity index (χ1v) is 9.38. The van der Waals surface area contributed by atoms with Crippen molar-refractivity contribution in [1.82, 2.24) is 10.6 Å². The van der Waals surface area contributed by atoms with Gasteiger partial charge in [-0.1, -0.05) is 20.8 Å². The molecule has 2 atom stereocenters. The Hall–Kier alpha value is -0.0800. The molecular formula is C19H36N2. The molecular weight excluding hydrogens is 256 g/mol. The highest BCUT2D eigenvalue weighted by Gasteiger charge is 2.59. The second-order valence-electron chi connectivity index (χ2n) is 9.34. The molecule has 4 fully saturated rings. The van der Waals surface area contributed by atoms with Crippen molar-refractivity contribution < 1.29 is 0 Å². The molecule has 4 bridgehead atoms. The van der Waals surface area contributed by atoms with Crippen molar-refractivity contribution in [2.75, 3.05) is 26.2 Å². The second-order valence-corrected chi connectivity index (χ2v) is 9.34. The average Bonchev–Trinajstić information content (AvgIpc) is 2.33. The van der Waals surface area contributed by atoms with Gasteiger partial charge in [0.05, 0.1) is 0 Å². The molecule has 4 saturated carbocycles. The van der Waals surface area contributed by atoms with Crippen molar-refractivity contribution in [3.63, 3.8) is 0 Å². The van der Waals surface area contributed by atoms with Gasteiger partial charge < -0.3 is 10.6 Å². The molecule has 4 aliphatic carbocycles. The van der Waals surface area contributed by atoms with E-state index in [1.165, 1.54) is 64.5 Å². The van der Waals surface area contributed by atoms with Crippen LogP contribution < -0.4 is 10.6 Å². The fraction of sp³-hybridized carbons (Fsp3) is 1.00. The van der Waals surface area contributed by atoms with E-state index in [0.29, 0.717) is 16.2 Å². The van der Waals surface area contributed by atoms with Crippen LogP contribution in [-0.4, -0.2) is 26.2 Å². The Bertz CT molecular complexity index is 347. The summed E-state index contributed by atoms with van der Waals surface area (Å²) in [5, 5.41) is 7.11. The Labute approximate surface area is 131 Å². The van der Waals surface area contributed by atoms with Gasteiger partial charge in [-0.15, -0.1) is 0 Å². The number of nitrogens with one attached hydrogen (secondary N) is 2. The van der Waals surface area contributed by atoms with Crippen LogP contribution in [0.2, 0.25) is 0 Å². The molecule has 0 spiro atoms. The van der Waals surface area contributed by atoms with Crippen molar-refractivity contribution in [3.05, 3.63) is 0 Å². The topological polar surface area (TPSA) is 24.1 Å². The number of rotatable bonds is 8. The summed E-state index contributed by atoms with van der Waals surface area (Å²) in [6.45, 7) is 12.0. The highest BCUT2D eigenvalue weighted by molar-refractivity contribution is 5.10. The lowest BCUT2D eigenvalue weighted by Gasteiger charge is -2.65. The highest BCUT2D eigenvalue weighted by atomic mass is 14.9. The van der Waals surface area contributed by atoms with Gasteiger partial charge in [0.25, 0.3) is 0 Å². The summed E-state index contributed by atoms with van der Waals surface area (Å²) in [5.74, 6) is 1.05. The van der Waals surface area contributed by atoms with Crippen LogP contribution in [0.15, 0.2) is 0 Å². The molecule has 0 radical (unpaired) electrons. The van der Waals surface area contributed by atoms with E-state index >= 15 is 0 Å². The van der Waals surface area contributed by atoms with Gasteiger partial charge in [-0.2, -0.15) is 0 Å². The van der Waals surface area contributed by atoms with E-state index in [1.807, 2.05) is 0 Å². The normalized spacial score (nSPS) is 44.4. The van der Waals surface area contributed by atoms with Crippen molar-refractivity contribution in [1.29, 1.82) is 0 Å². The van der Waals surface area contributed by atoms with Gasteiger partial charge >= 0.3 is 0 Å². The molecule has 2 heteroatoms. The lowest BCUT2D eigenvalue weighted by molar-refractivity contribution is -0.147. The Balaban J connectivity index is 1.47. The van der Waals surface area contributed by atoms with Crippen LogP contribution in [-0.2, 0) is 0 Å². The van der Waals surface area contributed by atoms with Crippen LogP contribution in [0.4, 0.5) is 0 Å². The second kappa shape index (κ2) is 5.85. The van der Waals surface area contributed by atoms with Crippen molar-refractivity contribution in [2.45, 2.75) is 72.1 Å². The van der Waals surface area contributed by atoms with Gasteiger partial charge in [0.1, 0.15) is 0 Å². The zero-order valence-corrected chi connectivity index (χ0v) is 14.6. The SMILES string of the molecule is CCNCCCNCCC12CC3CC(C)(CC(C)(C3)C1)C2. The maximum Gasteiger partial charge on any atom is -0.00368 e. The van der Waals surface area contributed by atoms with Gasteiger partial charge in [0.15, 0.2) is 0 Å². The van der Waals surface area contributed by atoms with Crippen molar-refractivity contribution in [2.24, 2.45) is 22.2 Å². The minimum absolute atomic E-state index is 0.680. The van der Waals surface area contributed by atoms with Gasteiger partial charge in [-0.3, -0.25) is 0 Å². The molecule has 0 heterocycles. The Morgan fingerprint density at radius 1 is 0.857 bits per heavy atom. The van der Waals surface area contributed by atoms with Crippen LogP contribution in [0.1, 0.15) is 72.1 Å². The standard InChI is InChI=1S/C19H36N2/c1-4-20-7-5-8-21-9-6-19-12-16-10-17(2,14-19)13-18(3,11-16)15-19/h16,20-21H,4-15H2,1-3H3. The molecule has 0 aliphatic heterocycles. The predicted molar refractivity (Wildman–Crippen MR) is 90.5 cm³/mol. The van der Waals surface area contributed by atoms with E-state index in [2.05, 4.69) is 31.4 Å². The summed E-state index contributed by atoms with van der Waals surface area (Å²) in [5.41, 5.74) is 2.05. The van der Waals surface area contributed by atoms with E-state index in [-0.39, 0.29) is 0 Å². The molecule has 0 amide bonds. The summed E-state index contributed by atoms with van der Waals surface area (Å²) in [6, 6.07) is 0. The minimum Gasteiger partial charge on any atom is -0.317 e. The summed E-state index contributed by atoms with van der Waals surface area (Å²) < 4.78 is 0. The first kappa shape index (κ1) is 15.8. The summed E-state index contributed by atoms with van der Waals surface area (Å²) in [7, 11) is 0. The third-order valence-electron chi connectivity index (χ3n) is 6.53. The van der Waals surface area contributed by atoms with Gasteiger partial charge in [0, 0.05) is 0 Å². The molecule has 0 saturated heterocycles. The molecule has 0 aromatic rings. The molecule has 122 valence electrons. The molecule has 2 N–H and O–H groups in total. The number of hydrogen-bond acceptors (Lipinski definition) is 2. The molecule has 4 aliphatic rings. The van der Waals surface area contributed by atoms with E-state index < -0.39 is 0 Å². The smallest absolute Gasteiger partial charge is 0.00368 e. The molecule has 21 heavy (non-hydrogen) atoms. The van der Waals surface area contributed by atoms with Crippen LogP contribution >= 0.6 is 0 Å². The third-order valence-corrected chi connectivity index (χ3v) is 6.53. The fourth-order valence-corrected chi connectivity index (χ4v) is 6.96.